The first kappa shape index (κ1) is 21.8. The zero-order valence-electron chi connectivity index (χ0n) is 18.3. The highest BCUT2D eigenvalue weighted by Gasteiger charge is 2.26. The molecule has 1 heterocycles. The molecular formula is C26H29N3O3. The SMILES string of the molecule is COc1ccccc1CNC(=O)C(=O)NC[C@@H](c1cccc2ccccc12)N1CCCC1. The van der Waals surface area contributed by atoms with Gasteiger partial charge in [0.05, 0.1) is 13.2 Å². The van der Waals surface area contributed by atoms with E-state index >= 15 is 0 Å². The van der Waals surface area contributed by atoms with Crippen molar-refractivity contribution < 1.29 is 14.3 Å². The Morgan fingerprint density at radius 2 is 1.59 bits per heavy atom. The van der Waals surface area contributed by atoms with Gasteiger partial charge in [-0.1, -0.05) is 60.7 Å². The highest BCUT2D eigenvalue weighted by molar-refractivity contribution is 6.35. The van der Waals surface area contributed by atoms with Crippen molar-refractivity contribution in [1.29, 1.82) is 0 Å². The first-order chi connectivity index (χ1) is 15.7. The number of carbonyl (C=O) groups excluding carboxylic acids is 2. The molecule has 6 heteroatoms. The Kier molecular flexibility index (Phi) is 7.02. The standard InChI is InChI=1S/C26H29N3O3/c1-32-24-14-5-3-10-20(24)17-27-25(30)26(31)28-18-23(29-15-6-7-16-29)22-13-8-11-19-9-2-4-12-21(19)22/h2-5,8-14,23H,6-7,15-18H2,1H3,(H,27,30)(H,28,31)/t23-/m0/s1. The lowest BCUT2D eigenvalue weighted by molar-refractivity contribution is -0.139. The molecule has 1 atom stereocenters. The quantitative estimate of drug-likeness (QED) is 0.563. The van der Waals surface area contributed by atoms with E-state index in [0.29, 0.717) is 12.3 Å². The topological polar surface area (TPSA) is 70.7 Å². The number of amides is 2. The fourth-order valence-corrected chi connectivity index (χ4v) is 4.40. The van der Waals surface area contributed by atoms with Crippen molar-refractivity contribution in [1.82, 2.24) is 15.5 Å². The number of methoxy groups -OCH3 is 1. The summed E-state index contributed by atoms with van der Waals surface area (Å²) in [5.74, 6) is -0.586. The summed E-state index contributed by atoms with van der Waals surface area (Å²) in [6.45, 7) is 2.59. The van der Waals surface area contributed by atoms with Gasteiger partial charge in [0.1, 0.15) is 5.75 Å². The van der Waals surface area contributed by atoms with Gasteiger partial charge in [-0.25, -0.2) is 0 Å². The lowest BCUT2D eigenvalue weighted by Gasteiger charge is -2.29. The maximum Gasteiger partial charge on any atom is 0.309 e. The summed E-state index contributed by atoms with van der Waals surface area (Å²) in [6.07, 6.45) is 2.29. The van der Waals surface area contributed by atoms with Crippen LogP contribution in [0.25, 0.3) is 10.8 Å². The average Bonchev–Trinajstić information content (AvgIpc) is 3.37. The number of carbonyl (C=O) groups is 2. The second-order valence-corrected chi connectivity index (χ2v) is 8.03. The van der Waals surface area contributed by atoms with Crippen LogP contribution in [0.2, 0.25) is 0 Å². The Hall–Kier alpha value is -3.38. The van der Waals surface area contributed by atoms with E-state index in [-0.39, 0.29) is 12.6 Å². The van der Waals surface area contributed by atoms with E-state index in [0.717, 1.165) is 31.5 Å². The summed E-state index contributed by atoms with van der Waals surface area (Å²) in [7, 11) is 1.58. The molecule has 6 nitrogen and oxygen atoms in total. The van der Waals surface area contributed by atoms with Gasteiger partial charge in [0.2, 0.25) is 0 Å². The second-order valence-electron chi connectivity index (χ2n) is 8.03. The molecule has 3 aromatic rings. The van der Waals surface area contributed by atoms with Crippen LogP contribution in [0.4, 0.5) is 0 Å². The fourth-order valence-electron chi connectivity index (χ4n) is 4.40. The van der Waals surface area contributed by atoms with Crippen molar-refractivity contribution in [2.45, 2.75) is 25.4 Å². The number of nitrogens with zero attached hydrogens (tertiary/aromatic N) is 1. The molecule has 0 aromatic heterocycles. The van der Waals surface area contributed by atoms with Crippen molar-refractivity contribution in [2.24, 2.45) is 0 Å². The van der Waals surface area contributed by atoms with Gasteiger partial charge in [0.25, 0.3) is 0 Å². The molecule has 3 aromatic carbocycles. The van der Waals surface area contributed by atoms with Crippen LogP contribution in [0, 0.1) is 0 Å². The van der Waals surface area contributed by atoms with Gasteiger partial charge in [0.15, 0.2) is 0 Å². The van der Waals surface area contributed by atoms with Crippen LogP contribution in [-0.2, 0) is 16.1 Å². The molecule has 1 saturated heterocycles. The van der Waals surface area contributed by atoms with Crippen molar-refractivity contribution in [3.63, 3.8) is 0 Å². The summed E-state index contributed by atoms with van der Waals surface area (Å²) in [6, 6.07) is 22.0. The number of likely N-dealkylation sites (tertiary alicyclic amines) is 1. The number of fused-ring (bicyclic) bond motifs is 1. The van der Waals surface area contributed by atoms with Crippen molar-refractivity contribution >= 4 is 22.6 Å². The minimum Gasteiger partial charge on any atom is -0.496 e. The van der Waals surface area contributed by atoms with Gasteiger partial charge < -0.3 is 15.4 Å². The lowest BCUT2D eigenvalue weighted by Crippen LogP contribution is -2.43. The van der Waals surface area contributed by atoms with Crippen LogP contribution in [0.3, 0.4) is 0 Å². The van der Waals surface area contributed by atoms with Crippen molar-refractivity contribution in [3.05, 3.63) is 77.9 Å². The first-order valence-corrected chi connectivity index (χ1v) is 11.1. The molecule has 0 aliphatic carbocycles. The molecule has 1 aliphatic heterocycles. The van der Waals surface area contributed by atoms with E-state index in [1.807, 2.05) is 36.4 Å². The number of hydrogen-bond acceptors (Lipinski definition) is 4. The third-order valence-corrected chi connectivity index (χ3v) is 6.06. The molecule has 32 heavy (non-hydrogen) atoms. The van der Waals surface area contributed by atoms with E-state index in [9.17, 15) is 9.59 Å². The number of benzene rings is 3. The summed E-state index contributed by atoms with van der Waals surface area (Å²) in [4.78, 5) is 27.4. The maximum atomic E-state index is 12.6. The largest absolute Gasteiger partial charge is 0.496 e. The Morgan fingerprint density at radius 1 is 0.906 bits per heavy atom. The molecule has 166 valence electrons. The molecule has 0 radical (unpaired) electrons. The normalized spacial score (nSPS) is 14.8. The average molecular weight is 432 g/mol. The smallest absolute Gasteiger partial charge is 0.309 e. The highest BCUT2D eigenvalue weighted by Crippen LogP contribution is 2.30. The molecule has 2 N–H and O–H groups in total. The predicted octanol–water partition coefficient (Wildman–Crippen LogP) is 3.42. The number of nitrogens with one attached hydrogen (secondary N) is 2. The molecule has 0 spiro atoms. The first-order valence-electron chi connectivity index (χ1n) is 11.1. The molecule has 0 saturated carbocycles. The minimum absolute atomic E-state index is 0.0227. The Labute approximate surface area is 188 Å². The predicted molar refractivity (Wildman–Crippen MR) is 125 cm³/mol. The third kappa shape index (κ3) is 4.92. The number of ether oxygens (including phenoxy) is 1. The Morgan fingerprint density at radius 3 is 2.41 bits per heavy atom. The monoisotopic (exact) mass is 431 g/mol. The molecule has 1 aliphatic rings. The molecular weight excluding hydrogens is 402 g/mol. The maximum absolute atomic E-state index is 12.6. The van der Waals surface area contributed by atoms with Gasteiger partial charge in [-0.3, -0.25) is 14.5 Å². The van der Waals surface area contributed by atoms with E-state index in [1.54, 1.807) is 7.11 Å². The van der Waals surface area contributed by atoms with Crippen LogP contribution in [-0.4, -0.2) is 43.5 Å². The molecule has 2 amide bonds. The van der Waals surface area contributed by atoms with Gasteiger partial charge in [-0.05, 0) is 48.3 Å². The minimum atomic E-state index is -0.644. The molecule has 0 bridgehead atoms. The highest BCUT2D eigenvalue weighted by atomic mass is 16.5. The van der Waals surface area contributed by atoms with E-state index in [1.165, 1.54) is 16.3 Å². The van der Waals surface area contributed by atoms with Crippen LogP contribution in [0.15, 0.2) is 66.7 Å². The summed E-state index contributed by atoms with van der Waals surface area (Å²) in [5, 5.41) is 7.91. The van der Waals surface area contributed by atoms with Gasteiger partial charge in [-0.15, -0.1) is 0 Å². The summed E-state index contributed by atoms with van der Waals surface area (Å²) >= 11 is 0. The zero-order valence-corrected chi connectivity index (χ0v) is 18.3. The van der Waals surface area contributed by atoms with E-state index < -0.39 is 11.8 Å². The number of rotatable bonds is 7. The van der Waals surface area contributed by atoms with E-state index in [4.69, 9.17) is 4.74 Å². The van der Waals surface area contributed by atoms with E-state index in [2.05, 4.69) is 45.9 Å². The van der Waals surface area contributed by atoms with Crippen molar-refractivity contribution in [2.75, 3.05) is 26.7 Å². The van der Waals surface area contributed by atoms with Crippen LogP contribution in [0.1, 0.15) is 30.0 Å². The lowest BCUT2D eigenvalue weighted by atomic mass is 9.97. The molecule has 0 unspecified atom stereocenters. The third-order valence-electron chi connectivity index (χ3n) is 6.06. The summed E-state index contributed by atoms with van der Waals surface area (Å²) < 4.78 is 5.30. The Bertz CT molecular complexity index is 1090. The fraction of sp³-hybridized carbons (Fsp3) is 0.308. The Balaban J connectivity index is 1.44. The second kappa shape index (κ2) is 10.3. The van der Waals surface area contributed by atoms with Crippen LogP contribution < -0.4 is 15.4 Å². The van der Waals surface area contributed by atoms with Gasteiger partial charge in [0, 0.05) is 18.7 Å². The molecule has 1 fully saturated rings. The number of hydrogen-bond donors (Lipinski definition) is 2. The molecule has 4 rings (SSSR count). The number of para-hydroxylation sites is 1. The van der Waals surface area contributed by atoms with Gasteiger partial charge >= 0.3 is 11.8 Å². The van der Waals surface area contributed by atoms with Crippen LogP contribution >= 0.6 is 0 Å². The van der Waals surface area contributed by atoms with Crippen molar-refractivity contribution in [3.8, 4) is 5.75 Å². The van der Waals surface area contributed by atoms with Crippen LogP contribution in [0.5, 0.6) is 5.75 Å². The van der Waals surface area contributed by atoms with Gasteiger partial charge in [-0.2, -0.15) is 0 Å². The zero-order chi connectivity index (χ0) is 22.3. The summed E-state index contributed by atoms with van der Waals surface area (Å²) in [5.41, 5.74) is 2.00.